The third kappa shape index (κ3) is 2.71. The third-order valence-corrected chi connectivity index (χ3v) is 5.97. The van der Waals surface area contributed by atoms with Gasteiger partial charge in [-0.1, -0.05) is 37.3 Å². The number of aliphatic hydroxyl groups is 1. The zero-order chi connectivity index (χ0) is 13.3. The van der Waals surface area contributed by atoms with Crippen LogP contribution in [0.3, 0.4) is 0 Å². The number of aromatic nitrogens is 1. The van der Waals surface area contributed by atoms with E-state index in [1.54, 1.807) is 11.3 Å². The van der Waals surface area contributed by atoms with Gasteiger partial charge in [0.05, 0.1) is 16.3 Å². The summed E-state index contributed by atoms with van der Waals surface area (Å²) in [5, 5.41) is 14.1. The van der Waals surface area contributed by atoms with E-state index >= 15 is 0 Å². The van der Waals surface area contributed by atoms with Gasteiger partial charge in [-0.2, -0.15) is 11.8 Å². The van der Waals surface area contributed by atoms with Crippen molar-refractivity contribution in [2.75, 3.05) is 5.75 Å². The molecule has 1 aromatic carbocycles. The molecule has 1 saturated heterocycles. The second-order valence-corrected chi connectivity index (χ2v) is 7.43. The van der Waals surface area contributed by atoms with E-state index in [-0.39, 0.29) is 0 Å². The van der Waals surface area contributed by atoms with Crippen molar-refractivity contribution in [3.63, 3.8) is 0 Å². The fraction of sp³-hybridized carbons (Fsp3) is 0.400. The highest BCUT2D eigenvalue weighted by molar-refractivity contribution is 8.00. The van der Waals surface area contributed by atoms with Crippen LogP contribution in [0.15, 0.2) is 35.7 Å². The molecule has 0 amide bonds. The average Bonchev–Trinajstić information content (AvgIpc) is 2.99. The number of benzene rings is 1. The van der Waals surface area contributed by atoms with E-state index < -0.39 is 5.60 Å². The lowest BCUT2D eigenvalue weighted by atomic mass is 9.94. The molecule has 3 rings (SSSR count). The summed E-state index contributed by atoms with van der Waals surface area (Å²) in [4.78, 5) is 4.67. The van der Waals surface area contributed by atoms with Crippen LogP contribution in [0.4, 0.5) is 0 Å². The molecule has 0 aliphatic carbocycles. The van der Waals surface area contributed by atoms with Gasteiger partial charge in [0, 0.05) is 22.6 Å². The zero-order valence-electron chi connectivity index (χ0n) is 10.9. The Balaban J connectivity index is 1.79. The third-order valence-electron chi connectivity index (χ3n) is 3.74. The molecular formula is C15H17NOS2. The Morgan fingerprint density at radius 3 is 2.84 bits per heavy atom. The summed E-state index contributed by atoms with van der Waals surface area (Å²) in [6.07, 6.45) is 1.55. The number of rotatable bonds is 3. The van der Waals surface area contributed by atoms with Gasteiger partial charge in [-0.15, -0.1) is 11.3 Å². The first kappa shape index (κ1) is 13.2. The van der Waals surface area contributed by atoms with Gasteiger partial charge >= 0.3 is 0 Å². The van der Waals surface area contributed by atoms with Gasteiger partial charge in [-0.05, 0) is 12.2 Å². The van der Waals surface area contributed by atoms with Crippen LogP contribution >= 0.6 is 23.1 Å². The Kier molecular flexibility index (Phi) is 3.65. The molecule has 1 aliphatic rings. The topological polar surface area (TPSA) is 33.1 Å². The highest BCUT2D eigenvalue weighted by Gasteiger charge is 2.39. The minimum atomic E-state index is -0.573. The first-order valence-electron chi connectivity index (χ1n) is 6.51. The molecular weight excluding hydrogens is 274 g/mol. The van der Waals surface area contributed by atoms with Crippen molar-refractivity contribution in [2.45, 2.75) is 30.6 Å². The number of hydrogen-bond acceptors (Lipinski definition) is 4. The number of thioether (sulfide) groups is 1. The Bertz CT molecular complexity index is 554. The van der Waals surface area contributed by atoms with Crippen molar-refractivity contribution in [1.29, 1.82) is 0 Å². The van der Waals surface area contributed by atoms with E-state index in [1.165, 1.54) is 0 Å². The molecule has 1 N–H and O–H groups in total. The van der Waals surface area contributed by atoms with Crippen molar-refractivity contribution < 1.29 is 5.11 Å². The highest BCUT2D eigenvalue weighted by atomic mass is 32.2. The first-order valence-corrected chi connectivity index (χ1v) is 8.44. The van der Waals surface area contributed by atoms with Gasteiger partial charge in [0.2, 0.25) is 0 Å². The molecule has 1 aliphatic heterocycles. The molecule has 0 spiro atoms. The van der Waals surface area contributed by atoms with E-state index in [0.29, 0.717) is 11.7 Å². The second kappa shape index (κ2) is 5.27. The van der Waals surface area contributed by atoms with Crippen LogP contribution in [-0.4, -0.2) is 26.7 Å². The van der Waals surface area contributed by atoms with Crippen LogP contribution < -0.4 is 0 Å². The van der Waals surface area contributed by atoms with E-state index in [0.717, 1.165) is 28.4 Å². The van der Waals surface area contributed by atoms with Crippen LogP contribution in [0.2, 0.25) is 0 Å². The fourth-order valence-electron chi connectivity index (χ4n) is 2.40. The molecule has 19 heavy (non-hydrogen) atoms. The predicted octanol–water partition coefficient (Wildman–Crippen LogP) is 3.61. The summed E-state index contributed by atoms with van der Waals surface area (Å²) in [5.74, 6) is 1.05. The van der Waals surface area contributed by atoms with Crippen molar-refractivity contribution in [2.24, 2.45) is 0 Å². The van der Waals surface area contributed by atoms with Crippen LogP contribution in [0, 0.1) is 0 Å². The van der Waals surface area contributed by atoms with Crippen molar-refractivity contribution in [1.82, 2.24) is 4.98 Å². The summed E-state index contributed by atoms with van der Waals surface area (Å²) in [7, 11) is 0. The van der Waals surface area contributed by atoms with E-state index in [1.807, 2.05) is 30.0 Å². The Morgan fingerprint density at radius 2 is 2.16 bits per heavy atom. The maximum Gasteiger partial charge on any atom is 0.0961 e. The molecule has 2 heterocycles. The van der Waals surface area contributed by atoms with E-state index in [9.17, 15) is 5.11 Å². The Hall–Kier alpha value is -0.840. The first-order chi connectivity index (χ1) is 9.17. The van der Waals surface area contributed by atoms with Gasteiger partial charge in [-0.25, -0.2) is 4.98 Å². The molecule has 0 saturated carbocycles. The van der Waals surface area contributed by atoms with Gasteiger partial charge in [-0.3, -0.25) is 0 Å². The van der Waals surface area contributed by atoms with Crippen LogP contribution in [0.25, 0.3) is 11.3 Å². The fourth-order valence-corrected chi connectivity index (χ4v) is 4.66. The van der Waals surface area contributed by atoms with Crippen molar-refractivity contribution in [3.05, 3.63) is 40.7 Å². The lowest BCUT2D eigenvalue weighted by molar-refractivity contribution is 0.0464. The number of thiazole rings is 1. The summed E-state index contributed by atoms with van der Waals surface area (Å²) in [6.45, 7) is 2.11. The lowest BCUT2D eigenvalue weighted by Gasteiger charge is -2.25. The quantitative estimate of drug-likeness (QED) is 0.938. The summed E-state index contributed by atoms with van der Waals surface area (Å²) in [5.41, 5.74) is 1.59. The molecule has 2 atom stereocenters. The highest BCUT2D eigenvalue weighted by Crippen LogP contribution is 2.38. The molecule has 2 nitrogen and oxygen atoms in total. The number of hydrogen-bond donors (Lipinski definition) is 1. The maximum absolute atomic E-state index is 10.6. The van der Waals surface area contributed by atoms with Crippen molar-refractivity contribution in [3.8, 4) is 11.3 Å². The van der Waals surface area contributed by atoms with E-state index in [4.69, 9.17) is 0 Å². The smallest absolute Gasteiger partial charge is 0.0961 e. The molecule has 2 unspecified atom stereocenters. The normalized spacial score (nSPS) is 26.7. The average molecular weight is 291 g/mol. The summed E-state index contributed by atoms with van der Waals surface area (Å²) >= 11 is 3.50. The minimum Gasteiger partial charge on any atom is -0.388 e. The van der Waals surface area contributed by atoms with Gasteiger partial charge in [0.15, 0.2) is 0 Å². The van der Waals surface area contributed by atoms with Crippen molar-refractivity contribution >= 4 is 23.1 Å². The van der Waals surface area contributed by atoms with Gasteiger partial charge < -0.3 is 5.11 Å². The standard InChI is InChI=1S/C15H17NOS2/c1-11-15(17,7-8-18-11)9-14-16-13(10-19-14)12-5-3-2-4-6-12/h2-6,10-11,17H,7-9H2,1H3. The minimum absolute atomic E-state index is 0.302. The molecule has 1 fully saturated rings. The zero-order valence-corrected chi connectivity index (χ0v) is 12.5. The van der Waals surface area contributed by atoms with Crippen LogP contribution in [0.5, 0.6) is 0 Å². The SMILES string of the molecule is CC1SCCC1(O)Cc1nc(-c2ccccc2)cs1. The summed E-state index contributed by atoms with van der Waals surface area (Å²) < 4.78 is 0. The molecule has 4 heteroatoms. The molecule has 100 valence electrons. The Morgan fingerprint density at radius 1 is 1.37 bits per heavy atom. The monoisotopic (exact) mass is 291 g/mol. The molecule has 0 radical (unpaired) electrons. The second-order valence-electron chi connectivity index (χ2n) is 5.04. The molecule has 2 aromatic rings. The Labute approximate surface area is 121 Å². The summed E-state index contributed by atoms with van der Waals surface area (Å²) in [6, 6.07) is 10.2. The van der Waals surface area contributed by atoms with Gasteiger partial charge in [0.25, 0.3) is 0 Å². The van der Waals surface area contributed by atoms with Crippen LogP contribution in [-0.2, 0) is 6.42 Å². The largest absolute Gasteiger partial charge is 0.388 e. The van der Waals surface area contributed by atoms with E-state index in [2.05, 4.69) is 29.4 Å². The lowest BCUT2D eigenvalue weighted by Crippen LogP contribution is -2.36. The molecule has 1 aromatic heterocycles. The molecule has 0 bridgehead atoms. The maximum atomic E-state index is 10.6. The predicted molar refractivity (Wildman–Crippen MR) is 82.7 cm³/mol. The number of nitrogens with zero attached hydrogens (tertiary/aromatic N) is 1. The van der Waals surface area contributed by atoms with Gasteiger partial charge in [0.1, 0.15) is 0 Å². The van der Waals surface area contributed by atoms with Crippen LogP contribution in [0.1, 0.15) is 18.4 Å².